The molecule has 5 heteroatoms. The second-order valence-electron chi connectivity index (χ2n) is 8.23. The van der Waals surface area contributed by atoms with Crippen molar-refractivity contribution in [3.63, 3.8) is 0 Å². The number of benzene rings is 2. The van der Waals surface area contributed by atoms with E-state index in [4.69, 9.17) is 15.0 Å². The van der Waals surface area contributed by atoms with Crippen molar-refractivity contribution >= 4 is 35.2 Å². The van der Waals surface area contributed by atoms with Crippen LogP contribution >= 0.6 is 12.4 Å². The molecule has 0 aliphatic rings. The van der Waals surface area contributed by atoms with Crippen LogP contribution in [-0.2, 0) is 17.1 Å². The Bertz CT molecular complexity index is 1000. The third-order valence-corrected chi connectivity index (χ3v) is 5.18. The molecule has 0 aliphatic heterocycles. The summed E-state index contributed by atoms with van der Waals surface area (Å²) < 4.78 is 0. The van der Waals surface area contributed by atoms with Gasteiger partial charge in [-0.2, -0.15) is 0 Å². The third kappa shape index (κ3) is 6.87. The van der Waals surface area contributed by atoms with Gasteiger partial charge in [0.2, 0.25) is 0 Å². The molecule has 0 spiro atoms. The van der Waals surface area contributed by atoms with Crippen molar-refractivity contribution in [3.05, 3.63) is 89.2 Å². The smallest absolute Gasteiger partial charge is 0.0849 e. The van der Waals surface area contributed by atoms with Crippen molar-refractivity contribution in [2.24, 2.45) is 9.98 Å². The molecule has 3 rings (SSSR count). The van der Waals surface area contributed by atoms with Crippen LogP contribution in [0.2, 0.25) is 0 Å². The maximum atomic E-state index is 4.89. The van der Waals surface area contributed by atoms with Gasteiger partial charge in [-0.25, -0.2) is 4.98 Å². The number of rotatable bonds is 6. The van der Waals surface area contributed by atoms with Gasteiger partial charge in [0, 0.05) is 17.1 Å². The van der Waals surface area contributed by atoms with Gasteiger partial charge in [-0.15, -0.1) is 12.4 Å². The van der Waals surface area contributed by atoms with Crippen LogP contribution < -0.4 is 0 Å². The molecule has 3 aromatic rings. The Morgan fingerprint density at radius 1 is 0.625 bits per heavy atom. The standard InChI is InChI=1S/C27H31N3.ClH.Fe/c1-18(2)22-12-7-9-14-26(22)28-20(5)24-16-11-17-25(30-24)21(6)29-27-15-10-8-13-23(27)19(3)4;;/h7-19H,1-6H3;1H;/b28-20+,29-21+;;. The summed E-state index contributed by atoms with van der Waals surface area (Å²) in [4.78, 5) is 14.6. The quantitative estimate of drug-likeness (QED) is 0.255. The van der Waals surface area contributed by atoms with Gasteiger partial charge in [0.25, 0.3) is 0 Å². The molecule has 1 heterocycles. The van der Waals surface area contributed by atoms with Crippen LogP contribution in [0.15, 0.2) is 76.7 Å². The Labute approximate surface area is 209 Å². The monoisotopic (exact) mass is 489 g/mol. The molecule has 0 saturated heterocycles. The molecule has 0 atom stereocenters. The van der Waals surface area contributed by atoms with Crippen molar-refractivity contribution in [2.75, 3.05) is 0 Å². The zero-order valence-corrected chi connectivity index (χ0v) is 21.5. The van der Waals surface area contributed by atoms with E-state index in [-0.39, 0.29) is 29.5 Å². The minimum atomic E-state index is 0. The summed E-state index contributed by atoms with van der Waals surface area (Å²) >= 11 is 0. The molecular formula is C27H32ClFeN3. The summed E-state index contributed by atoms with van der Waals surface area (Å²) in [5.74, 6) is 0.847. The normalized spacial score (nSPS) is 11.9. The fourth-order valence-electron chi connectivity index (χ4n) is 3.47. The summed E-state index contributed by atoms with van der Waals surface area (Å²) in [5.41, 5.74) is 8.06. The zero-order valence-electron chi connectivity index (χ0n) is 19.6. The van der Waals surface area contributed by atoms with Crippen molar-refractivity contribution < 1.29 is 17.1 Å². The fourth-order valence-corrected chi connectivity index (χ4v) is 3.47. The van der Waals surface area contributed by atoms with Crippen LogP contribution in [0, 0.1) is 0 Å². The zero-order chi connectivity index (χ0) is 21.7. The van der Waals surface area contributed by atoms with Crippen LogP contribution in [0.5, 0.6) is 0 Å². The number of para-hydroxylation sites is 2. The molecule has 170 valence electrons. The first-order valence-electron chi connectivity index (χ1n) is 10.6. The topological polar surface area (TPSA) is 37.6 Å². The minimum absolute atomic E-state index is 0. The van der Waals surface area contributed by atoms with Gasteiger partial charge >= 0.3 is 0 Å². The molecule has 0 unspecified atom stereocenters. The Morgan fingerprint density at radius 3 is 1.38 bits per heavy atom. The van der Waals surface area contributed by atoms with Gasteiger partial charge in [0.1, 0.15) is 0 Å². The van der Waals surface area contributed by atoms with Crippen LogP contribution in [0.1, 0.15) is 75.9 Å². The maximum absolute atomic E-state index is 4.89. The molecule has 0 bridgehead atoms. The van der Waals surface area contributed by atoms with E-state index in [0.717, 1.165) is 34.2 Å². The molecule has 0 fully saturated rings. The molecular weight excluding hydrogens is 458 g/mol. The molecule has 0 N–H and O–H groups in total. The van der Waals surface area contributed by atoms with Gasteiger partial charge in [0.15, 0.2) is 0 Å². The number of nitrogens with zero attached hydrogens (tertiary/aromatic N) is 3. The SMILES string of the molecule is C/C(=N\c1ccccc1C(C)C)c1cccc(/C(C)=N/c2ccccc2C(C)C)n1.Cl.[Fe]. The van der Waals surface area contributed by atoms with E-state index >= 15 is 0 Å². The number of aliphatic imine (C=N–C) groups is 2. The molecule has 0 amide bonds. The van der Waals surface area contributed by atoms with E-state index in [1.54, 1.807) is 0 Å². The Hall–Kier alpha value is -2.26. The van der Waals surface area contributed by atoms with Gasteiger partial charge < -0.3 is 0 Å². The van der Waals surface area contributed by atoms with E-state index < -0.39 is 0 Å². The van der Waals surface area contributed by atoms with Crippen LogP contribution in [0.3, 0.4) is 0 Å². The summed E-state index contributed by atoms with van der Waals surface area (Å²) in [6.45, 7) is 12.8. The van der Waals surface area contributed by atoms with Crippen molar-refractivity contribution in [1.82, 2.24) is 4.98 Å². The predicted octanol–water partition coefficient (Wildman–Crippen LogP) is 8.03. The van der Waals surface area contributed by atoms with E-state index in [0.29, 0.717) is 11.8 Å². The number of hydrogen-bond acceptors (Lipinski definition) is 3. The van der Waals surface area contributed by atoms with E-state index in [1.807, 2.05) is 44.2 Å². The first kappa shape index (κ1) is 27.8. The van der Waals surface area contributed by atoms with Crippen molar-refractivity contribution in [3.8, 4) is 0 Å². The van der Waals surface area contributed by atoms with E-state index in [1.165, 1.54) is 11.1 Å². The molecule has 2 aromatic carbocycles. The van der Waals surface area contributed by atoms with Crippen LogP contribution in [0.4, 0.5) is 11.4 Å². The first-order valence-corrected chi connectivity index (χ1v) is 10.6. The maximum Gasteiger partial charge on any atom is 0.0849 e. The average molecular weight is 490 g/mol. The average Bonchev–Trinajstić information content (AvgIpc) is 2.74. The van der Waals surface area contributed by atoms with Crippen LogP contribution in [0.25, 0.3) is 0 Å². The number of pyridine rings is 1. The van der Waals surface area contributed by atoms with E-state index in [2.05, 4.69) is 64.1 Å². The number of halogens is 1. The Balaban J connectivity index is 0.00000256. The summed E-state index contributed by atoms with van der Waals surface area (Å²) in [5, 5.41) is 0. The number of aromatic nitrogens is 1. The van der Waals surface area contributed by atoms with Crippen LogP contribution in [-0.4, -0.2) is 16.4 Å². The van der Waals surface area contributed by atoms with Crippen molar-refractivity contribution in [1.29, 1.82) is 0 Å². The van der Waals surface area contributed by atoms with Gasteiger partial charge in [0.05, 0.1) is 34.2 Å². The fraction of sp³-hybridized carbons (Fsp3) is 0.296. The minimum Gasteiger partial charge on any atom is -0.251 e. The molecule has 0 saturated carbocycles. The number of hydrogen-bond donors (Lipinski definition) is 0. The first-order chi connectivity index (χ1) is 14.4. The van der Waals surface area contributed by atoms with Gasteiger partial charge in [-0.05, 0) is 61.1 Å². The summed E-state index contributed by atoms with van der Waals surface area (Å²) in [6.07, 6.45) is 0. The Kier molecular flexibility index (Phi) is 11.0. The third-order valence-electron chi connectivity index (χ3n) is 5.18. The largest absolute Gasteiger partial charge is 0.251 e. The predicted molar refractivity (Wildman–Crippen MR) is 136 cm³/mol. The Morgan fingerprint density at radius 2 is 1.00 bits per heavy atom. The van der Waals surface area contributed by atoms with Crippen molar-refractivity contribution in [2.45, 2.75) is 53.4 Å². The van der Waals surface area contributed by atoms with Gasteiger partial charge in [-0.3, -0.25) is 9.98 Å². The molecule has 1 aromatic heterocycles. The van der Waals surface area contributed by atoms with E-state index in [9.17, 15) is 0 Å². The second-order valence-corrected chi connectivity index (χ2v) is 8.23. The molecule has 0 radical (unpaired) electrons. The molecule has 0 aliphatic carbocycles. The second kappa shape index (κ2) is 12.7. The molecule has 3 nitrogen and oxygen atoms in total. The van der Waals surface area contributed by atoms with Gasteiger partial charge in [-0.1, -0.05) is 70.2 Å². The molecule has 32 heavy (non-hydrogen) atoms. The summed E-state index contributed by atoms with van der Waals surface area (Å²) in [7, 11) is 0. The summed E-state index contributed by atoms with van der Waals surface area (Å²) in [6, 6.07) is 22.7.